The predicted molar refractivity (Wildman–Crippen MR) is 83.0 cm³/mol. The van der Waals surface area contributed by atoms with E-state index in [4.69, 9.17) is 0 Å². The number of unbranched alkanes of at least 4 members (excludes halogenated alkanes) is 1. The lowest BCUT2D eigenvalue weighted by Gasteiger charge is -2.17. The standard InChI is InChI=1S/C18H26O/c1-15(19)14-17(16-10-6-5-7-11-16)12-8-9-13-18(2,3)4/h5-7,10-12H,8-9,13-14H2,1-4H3/b17-12+. The van der Waals surface area contributed by atoms with Gasteiger partial charge in [0.2, 0.25) is 0 Å². The number of hydrogen-bond donors (Lipinski definition) is 0. The molecule has 0 fully saturated rings. The Balaban J connectivity index is 2.67. The maximum atomic E-state index is 11.4. The van der Waals surface area contributed by atoms with Crippen molar-refractivity contribution in [2.45, 2.75) is 53.4 Å². The van der Waals surface area contributed by atoms with E-state index in [0.717, 1.165) is 6.42 Å². The zero-order chi connectivity index (χ0) is 14.3. The Kier molecular flexibility index (Phi) is 6.01. The van der Waals surface area contributed by atoms with Crippen molar-refractivity contribution in [2.75, 3.05) is 0 Å². The summed E-state index contributed by atoms with van der Waals surface area (Å²) in [7, 11) is 0. The molecule has 1 aromatic rings. The average molecular weight is 258 g/mol. The second-order valence-electron chi connectivity index (χ2n) is 6.43. The average Bonchev–Trinajstić information content (AvgIpc) is 2.32. The van der Waals surface area contributed by atoms with Gasteiger partial charge in [-0.25, -0.2) is 0 Å². The van der Waals surface area contributed by atoms with E-state index in [1.165, 1.54) is 24.0 Å². The molecule has 0 radical (unpaired) electrons. The molecule has 0 saturated carbocycles. The summed E-state index contributed by atoms with van der Waals surface area (Å²) in [4.78, 5) is 11.4. The normalized spacial score (nSPS) is 12.5. The number of allylic oxidation sites excluding steroid dienone is 2. The molecule has 19 heavy (non-hydrogen) atoms. The Hall–Kier alpha value is -1.37. The third-order valence-corrected chi connectivity index (χ3v) is 3.11. The van der Waals surface area contributed by atoms with Crippen molar-refractivity contribution in [1.29, 1.82) is 0 Å². The molecule has 1 aromatic carbocycles. The molecule has 0 aliphatic carbocycles. The van der Waals surface area contributed by atoms with Crippen LogP contribution in [0, 0.1) is 5.41 Å². The van der Waals surface area contributed by atoms with Crippen molar-refractivity contribution < 1.29 is 4.79 Å². The molecular weight excluding hydrogens is 232 g/mol. The Morgan fingerprint density at radius 1 is 1.16 bits per heavy atom. The fourth-order valence-electron chi connectivity index (χ4n) is 2.12. The molecule has 0 aliphatic rings. The van der Waals surface area contributed by atoms with Gasteiger partial charge in [-0.3, -0.25) is 4.79 Å². The van der Waals surface area contributed by atoms with Gasteiger partial charge in [0.05, 0.1) is 0 Å². The van der Waals surface area contributed by atoms with Gasteiger partial charge < -0.3 is 0 Å². The van der Waals surface area contributed by atoms with Gasteiger partial charge in [0.15, 0.2) is 0 Å². The van der Waals surface area contributed by atoms with Crippen LogP contribution >= 0.6 is 0 Å². The lowest BCUT2D eigenvalue weighted by Crippen LogP contribution is -2.03. The summed E-state index contributed by atoms with van der Waals surface area (Å²) in [6.45, 7) is 8.46. The van der Waals surface area contributed by atoms with E-state index in [-0.39, 0.29) is 5.78 Å². The van der Waals surface area contributed by atoms with Gasteiger partial charge in [-0.05, 0) is 42.7 Å². The quantitative estimate of drug-likeness (QED) is 0.636. The maximum Gasteiger partial charge on any atom is 0.134 e. The number of benzene rings is 1. The molecule has 0 spiro atoms. The molecule has 0 bridgehead atoms. The number of carbonyl (C=O) groups excluding carboxylic acids is 1. The first-order chi connectivity index (χ1) is 8.88. The van der Waals surface area contributed by atoms with Crippen LogP contribution in [0.25, 0.3) is 5.57 Å². The summed E-state index contributed by atoms with van der Waals surface area (Å²) < 4.78 is 0. The molecule has 0 atom stereocenters. The minimum atomic E-state index is 0.228. The third-order valence-electron chi connectivity index (χ3n) is 3.11. The summed E-state index contributed by atoms with van der Waals surface area (Å²) >= 11 is 0. The van der Waals surface area contributed by atoms with E-state index in [0.29, 0.717) is 11.8 Å². The second-order valence-corrected chi connectivity index (χ2v) is 6.43. The van der Waals surface area contributed by atoms with Crippen LogP contribution in [0.4, 0.5) is 0 Å². The van der Waals surface area contributed by atoms with E-state index in [1.807, 2.05) is 18.2 Å². The van der Waals surface area contributed by atoms with E-state index < -0.39 is 0 Å². The highest BCUT2D eigenvalue weighted by Crippen LogP contribution is 2.24. The Morgan fingerprint density at radius 3 is 2.32 bits per heavy atom. The highest BCUT2D eigenvalue weighted by atomic mass is 16.1. The molecule has 1 heteroatoms. The largest absolute Gasteiger partial charge is 0.300 e. The molecule has 0 aromatic heterocycles. The van der Waals surface area contributed by atoms with Crippen molar-refractivity contribution in [2.24, 2.45) is 5.41 Å². The van der Waals surface area contributed by atoms with Gasteiger partial charge in [-0.2, -0.15) is 0 Å². The van der Waals surface area contributed by atoms with Crippen molar-refractivity contribution in [3.8, 4) is 0 Å². The van der Waals surface area contributed by atoms with Gasteiger partial charge in [-0.15, -0.1) is 0 Å². The Bertz CT molecular complexity index is 421. The third kappa shape index (κ3) is 6.95. The molecule has 104 valence electrons. The van der Waals surface area contributed by atoms with Crippen molar-refractivity contribution in [1.82, 2.24) is 0 Å². The minimum absolute atomic E-state index is 0.228. The van der Waals surface area contributed by atoms with Crippen LogP contribution in [0.1, 0.15) is 58.9 Å². The summed E-state index contributed by atoms with van der Waals surface area (Å²) in [5, 5.41) is 0. The number of hydrogen-bond acceptors (Lipinski definition) is 1. The van der Waals surface area contributed by atoms with Crippen LogP contribution in [0.15, 0.2) is 36.4 Å². The topological polar surface area (TPSA) is 17.1 Å². The minimum Gasteiger partial charge on any atom is -0.300 e. The van der Waals surface area contributed by atoms with Crippen LogP contribution in [0.3, 0.4) is 0 Å². The molecular formula is C18H26O. The van der Waals surface area contributed by atoms with Crippen LogP contribution in [-0.4, -0.2) is 5.78 Å². The lowest BCUT2D eigenvalue weighted by molar-refractivity contribution is -0.116. The first-order valence-electron chi connectivity index (χ1n) is 7.12. The fourth-order valence-corrected chi connectivity index (χ4v) is 2.12. The number of ketones is 1. The van der Waals surface area contributed by atoms with Gasteiger partial charge in [-0.1, -0.05) is 57.2 Å². The smallest absolute Gasteiger partial charge is 0.134 e. The van der Waals surface area contributed by atoms with Crippen molar-refractivity contribution in [3.05, 3.63) is 42.0 Å². The molecule has 0 aliphatic heterocycles. The maximum absolute atomic E-state index is 11.4. The number of carbonyl (C=O) groups is 1. The second kappa shape index (κ2) is 7.28. The number of rotatable bonds is 6. The summed E-state index contributed by atoms with van der Waals surface area (Å²) in [6.07, 6.45) is 6.22. The van der Waals surface area contributed by atoms with E-state index in [2.05, 4.69) is 39.0 Å². The van der Waals surface area contributed by atoms with Crippen LogP contribution in [0.5, 0.6) is 0 Å². The first kappa shape index (κ1) is 15.7. The van der Waals surface area contributed by atoms with Gasteiger partial charge in [0.1, 0.15) is 5.78 Å². The molecule has 0 saturated heterocycles. The zero-order valence-electron chi connectivity index (χ0n) is 12.7. The van der Waals surface area contributed by atoms with Gasteiger partial charge in [0.25, 0.3) is 0 Å². The Labute approximate surface area is 117 Å². The summed E-state index contributed by atoms with van der Waals surface area (Å²) in [6, 6.07) is 10.2. The van der Waals surface area contributed by atoms with Crippen LogP contribution in [0.2, 0.25) is 0 Å². The monoisotopic (exact) mass is 258 g/mol. The van der Waals surface area contributed by atoms with Gasteiger partial charge >= 0.3 is 0 Å². The Morgan fingerprint density at radius 2 is 1.79 bits per heavy atom. The molecule has 0 amide bonds. The number of Topliss-reactive ketones (excluding diaryl/α,β-unsaturated/α-hetero) is 1. The first-order valence-corrected chi connectivity index (χ1v) is 7.12. The molecule has 1 rings (SSSR count). The molecule has 0 unspecified atom stereocenters. The van der Waals surface area contributed by atoms with Gasteiger partial charge in [0, 0.05) is 6.42 Å². The van der Waals surface area contributed by atoms with E-state index >= 15 is 0 Å². The summed E-state index contributed by atoms with van der Waals surface area (Å²) in [5.41, 5.74) is 2.73. The summed E-state index contributed by atoms with van der Waals surface area (Å²) in [5.74, 6) is 0.228. The van der Waals surface area contributed by atoms with Crippen molar-refractivity contribution in [3.63, 3.8) is 0 Å². The zero-order valence-corrected chi connectivity index (χ0v) is 12.7. The predicted octanol–water partition coefficient (Wildman–Crippen LogP) is 5.27. The highest BCUT2D eigenvalue weighted by Gasteiger charge is 2.09. The van der Waals surface area contributed by atoms with Crippen LogP contribution < -0.4 is 0 Å². The lowest BCUT2D eigenvalue weighted by atomic mass is 9.89. The van der Waals surface area contributed by atoms with E-state index in [1.54, 1.807) is 6.92 Å². The SMILES string of the molecule is CC(=O)C/C(=C\CCCC(C)(C)C)c1ccccc1. The molecule has 0 heterocycles. The molecule has 0 N–H and O–H groups in total. The van der Waals surface area contributed by atoms with Crippen molar-refractivity contribution >= 4 is 11.4 Å². The van der Waals surface area contributed by atoms with Crippen LogP contribution in [-0.2, 0) is 4.79 Å². The fraction of sp³-hybridized carbons (Fsp3) is 0.500. The molecule has 1 nitrogen and oxygen atoms in total. The highest BCUT2D eigenvalue weighted by molar-refractivity contribution is 5.88. The van der Waals surface area contributed by atoms with E-state index in [9.17, 15) is 4.79 Å².